The molecule has 2 aromatic carbocycles. The van der Waals surface area contributed by atoms with E-state index in [0.29, 0.717) is 6.42 Å². The zero-order valence-electron chi connectivity index (χ0n) is 23.1. The summed E-state index contributed by atoms with van der Waals surface area (Å²) < 4.78 is 5.45. The van der Waals surface area contributed by atoms with Crippen LogP contribution in [0.25, 0.3) is 0 Å². The average Bonchev–Trinajstić information content (AvgIpc) is 3.63. The van der Waals surface area contributed by atoms with Crippen molar-refractivity contribution in [3.8, 4) is 0 Å². The fourth-order valence-electron chi connectivity index (χ4n) is 4.47. The molecule has 37 heavy (non-hydrogen) atoms. The van der Waals surface area contributed by atoms with Gasteiger partial charge in [0.2, 0.25) is 5.91 Å². The molecular formula is C30H41N3O4. The molecule has 1 saturated carbocycles. The van der Waals surface area contributed by atoms with Gasteiger partial charge in [0.25, 0.3) is 5.91 Å². The van der Waals surface area contributed by atoms with Crippen molar-refractivity contribution in [1.29, 1.82) is 0 Å². The maximum absolute atomic E-state index is 14.1. The number of hydrogen-bond acceptors (Lipinski definition) is 4. The van der Waals surface area contributed by atoms with Gasteiger partial charge < -0.3 is 20.3 Å². The lowest BCUT2D eigenvalue weighted by molar-refractivity contribution is -0.141. The van der Waals surface area contributed by atoms with Crippen LogP contribution >= 0.6 is 0 Å². The quantitative estimate of drug-likeness (QED) is 0.441. The van der Waals surface area contributed by atoms with E-state index in [1.54, 1.807) is 25.7 Å². The van der Waals surface area contributed by atoms with Gasteiger partial charge in [-0.3, -0.25) is 9.59 Å². The second-order valence-corrected chi connectivity index (χ2v) is 11.4. The molecule has 3 rings (SSSR count). The van der Waals surface area contributed by atoms with Crippen LogP contribution in [0.3, 0.4) is 0 Å². The van der Waals surface area contributed by atoms with Crippen LogP contribution < -0.4 is 10.6 Å². The molecule has 0 bridgehead atoms. The molecule has 1 aliphatic rings. The van der Waals surface area contributed by atoms with Crippen LogP contribution in [-0.2, 0) is 14.3 Å². The van der Waals surface area contributed by atoms with Crippen LogP contribution in [0.2, 0.25) is 0 Å². The van der Waals surface area contributed by atoms with Crippen LogP contribution in [0, 0.1) is 19.8 Å². The van der Waals surface area contributed by atoms with Crippen molar-refractivity contribution < 1.29 is 19.1 Å². The highest BCUT2D eigenvalue weighted by Gasteiger charge is 2.44. The van der Waals surface area contributed by atoms with E-state index in [0.717, 1.165) is 35.2 Å². The molecule has 200 valence electrons. The number of para-hydroxylation sites is 1. The number of rotatable bonds is 9. The first-order valence-electron chi connectivity index (χ1n) is 13.1. The van der Waals surface area contributed by atoms with Crippen molar-refractivity contribution >= 4 is 23.6 Å². The molecule has 7 nitrogen and oxygen atoms in total. The van der Waals surface area contributed by atoms with Crippen molar-refractivity contribution in [3.05, 3.63) is 65.2 Å². The van der Waals surface area contributed by atoms with E-state index < -0.39 is 23.8 Å². The van der Waals surface area contributed by atoms with Gasteiger partial charge in [-0.25, -0.2) is 4.79 Å². The highest BCUT2D eigenvalue weighted by atomic mass is 16.6. The Morgan fingerprint density at radius 3 is 2.08 bits per heavy atom. The first kappa shape index (κ1) is 28.2. The second kappa shape index (κ2) is 11.8. The van der Waals surface area contributed by atoms with Crippen LogP contribution in [0.1, 0.15) is 76.6 Å². The highest BCUT2D eigenvalue weighted by Crippen LogP contribution is 2.37. The molecule has 3 amide bonds. The Balaban J connectivity index is 1.98. The predicted octanol–water partition coefficient (Wildman–Crippen LogP) is 5.91. The number of benzene rings is 2. The summed E-state index contributed by atoms with van der Waals surface area (Å²) in [7, 11) is 0. The number of aryl methyl sites for hydroxylation is 2. The van der Waals surface area contributed by atoms with E-state index in [-0.39, 0.29) is 23.8 Å². The Morgan fingerprint density at radius 1 is 0.973 bits per heavy atom. The van der Waals surface area contributed by atoms with Gasteiger partial charge in [-0.2, -0.15) is 0 Å². The molecule has 2 unspecified atom stereocenters. The number of carbonyl (C=O) groups is 3. The maximum atomic E-state index is 14.1. The number of nitrogens with zero attached hydrogens (tertiary/aromatic N) is 1. The minimum absolute atomic E-state index is 0.0727. The van der Waals surface area contributed by atoms with Crippen LogP contribution in [0.5, 0.6) is 0 Å². The summed E-state index contributed by atoms with van der Waals surface area (Å²) in [4.78, 5) is 42.4. The molecule has 1 aliphatic carbocycles. The lowest BCUT2D eigenvalue weighted by atomic mass is 9.98. The van der Waals surface area contributed by atoms with Gasteiger partial charge in [-0.15, -0.1) is 0 Å². The summed E-state index contributed by atoms with van der Waals surface area (Å²) >= 11 is 0. The number of nitrogens with one attached hydrogen (secondary N) is 2. The van der Waals surface area contributed by atoms with Crippen molar-refractivity contribution in [2.24, 2.45) is 5.92 Å². The minimum Gasteiger partial charge on any atom is -0.444 e. The number of alkyl carbamates (subject to hydrolysis) is 1. The van der Waals surface area contributed by atoms with Gasteiger partial charge in [0.1, 0.15) is 17.7 Å². The smallest absolute Gasteiger partial charge is 0.408 e. The summed E-state index contributed by atoms with van der Waals surface area (Å²) in [5.41, 5.74) is 2.69. The molecule has 0 saturated heterocycles. The first-order valence-corrected chi connectivity index (χ1v) is 13.1. The van der Waals surface area contributed by atoms with Crippen LogP contribution in [0.4, 0.5) is 10.5 Å². The maximum Gasteiger partial charge on any atom is 0.408 e. The number of amides is 3. The lowest BCUT2D eigenvalue weighted by Gasteiger charge is -2.35. The van der Waals surface area contributed by atoms with E-state index in [2.05, 4.69) is 10.6 Å². The molecular weight excluding hydrogens is 466 g/mol. The Labute approximate surface area is 221 Å². The Hall–Kier alpha value is -3.35. The molecule has 0 aromatic heterocycles. The van der Waals surface area contributed by atoms with Gasteiger partial charge in [-0.05, 0) is 76.5 Å². The number of ether oxygens (including phenoxy) is 1. The van der Waals surface area contributed by atoms with Crippen molar-refractivity contribution in [2.45, 2.75) is 91.5 Å². The van der Waals surface area contributed by atoms with Gasteiger partial charge in [0.05, 0.1) is 0 Å². The molecule has 1 fully saturated rings. The lowest BCUT2D eigenvalue weighted by Crippen LogP contribution is -2.53. The topological polar surface area (TPSA) is 87.7 Å². The molecule has 2 N–H and O–H groups in total. The summed E-state index contributed by atoms with van der Waals surface area (Å²) in [5.74, 6) is -0.402. The zero-order chi connectivity index (χ0) is 27.3. The summed E-state index contributed by atoms with van der Waals surface area (Å²) in [6.45, 7) is 13.3. The number of hydrogen-bond donors (Lipinski definition) is 2. The SMILES string of the molecule is Cc1cccc(C)c1NC(=O)C(c1ccccc1)N(C(=O)C(CC(C)C)NC(=O)OC(C)(C)C)C1CC1. The summed E-state index contributed by atoms with van der Waals surface area (Å²) in [5, 5.41) is 5.90. The third-order valence-corrected chi connectivity index (χ3v) is 6.26. The van der Waals surface area contributed by atoms with E-state index >= 15 is 0 Å². The molecule has 0 radical (unpaired) electrons. The largest absolute Gasteiger partial charge is 0.444 e. The molecule has 0 aliphatic heterocycles. The van der Waals surface area contributed by atoms with E-state index in [9.17, 15) is 14.4 Å². The van der Waals surface area contributed by atoms with Crippen molar-refractivity contribution in [2.75, 3.05) is 5.32 Å². The normalized spacial score (nSPS) is 15.0. The van der Waals surface area contributed by atoms with Crippen LogP contribution in [-0.4, -0.2) is 40.5 Å². The monoisotopic (exact) mass is 507 g/mol. The molecule has 0 heterocycles. The van der Waals surface area contributed by atoms with Crippen molar-refractivity contribution in [1.82, 2.24) is 10.2 Å². The van der Waals surface area contributed by atoms with E-state index in [1.165, 1.54) is 0 Å². The fraction of sp³-hybridized carbons (Fsp3) is 0.500. The molecule has 7 heteroatoms. The molecule has 0 spiro atoms. The predicted molar refractivity (Wildman–Crippen MR) is 146 cm³/mol. The number of anilines is 1. The van der Waals surface area contributed by atoms with Gasteiger partial charge >= 0.3 is 6.09 Å². The third-order valence-electron chi connectivity index (χ3n) is 6.26. The van der Waals surface area contributed by atoms with E-state index in [4.69, 9.17) is 4.74 Å². The van der Waals surface area contributed by atoms with Crippen molar-refractivity contribution in [3.63, 3.8) is 0 Å². The number of carbonyl (C=O) groups excluding carboxylic acids is 3. The van der Waals surface area contributed by atoms with E-state index in [1.807, 2.05) is 76.2 Å². The standard InChI is InChI=1S/C30H41N3O4/c1-19(2)18-24(31-29(36)37-30(5,6)7)28(35)33(23-16-17-23)26(22-14-9-8-10-15-22)27(34)32-25-20(3)12-11-13-21(25)4/h8-15,19,23-24,26H,16-18H2,1-7H3,(H,31,36)(H,32,34). The molecule has 2 aromatic rings. The minimum atomic E-state index is -0.838. The summed E-state index contributed by atoms with van der Waals surface area (Å²) in [6.07, 6.45) is 1.42. The third kappa shape index (κ3) is 7.81. The Morgan fingerprint density at radius 2 is 1.57 bits per heavy atom. The average molecular weight is 508 g/mol. The van der Waals surface area contributed by atoms with Gasteiger partial charge in [-0.1, -0.05) is 62.4 Å². The zero-order valence-corrected chi connectivity index (χ0v) is 23.1. The van der Waals surface area contributed by atoms with Crippen LogP contribution in [0.15, 0.2) is 48.5 Å². The Bertz CT molecular complexity index is 1080. The van der Waals surface area contributed by atoms with Gasteiger partial charge in [0.15, 0.2) is 0 Å². The highest BCUT2D eigenvalue weighted by molar-refractivity contribution is 6.00. The fourth-order valence-corrected chi connectivity index (χ4v) is 4.47. The summed E-state index contributed by atoms with van der Waals surface area (Å²) in [6, 6.07) is 13.5. The molecule has 2 atom stereocenters. The Kier molecular flexibility index (Phi) is 9.00. The second-order valence-electron chi connectivity index (χ2n) is 11.4. The van der Waals surface area contributed by atoms with Gasteiger partial charge in [0, 0.05) is 11.7 Å². The first-order chi connectivity index (χ1) is 17.4.